The van der Waals surface area contributed by atoms with Gasteiger partial charge in [0.15, 0.2) is 0 Å². The summed E-state index contributed by atoms with van der Waals surface area (Å²) in [5.41, 5.74) is 2.42. The van der Waals surface area contributed by atoms with Gasteiger partial charge in [-0.15, -0.1) is 0 Å². The summed E-state index contributed by atoms with van der Waals surface area (Å²) in [4.78, 5) is 31.6. The summed E-state index contributed by atoms with van der Waals surface area (Å²) in [7, 11) is 3.17. The fraction of sp³-hybridized carbons (Fsp3) is 0.577. The molecule has 7 heteroatoms. The Bertz CT molecular complexity index is 1000. The van der Waals surface area contributed by atoms with Crippen molar-refractivity contribution >= 4 is 17.5 Å². The maximum atomic E-state index is 13.5. The van der Waals surface area contributed by atoms with Crippen molar-refractivity contribution in [2.24, 2.45) is 16.3 Å². The Morgan fingerprint density at radius 2 is 1.97 bits per heavy atom. The van der Waals surface area contributed by atoms with Crippen LogP contribution in [0.4, 0.5) is 0 Å². The molecule has 1 aliphatic carbocycles. The third kappa shape index (κ3) is 4.69. The van der Waals surface area contributed by atoms with Gasteiger partial charge < -0.3 is 18.9 Å². The van der Waals surface area contributed by atoms with Crippen LogP contribution in [0.25, 0.3) is 0 Å². The van der Waals surface area contributed by atoms with Gasteiger partial charge in [-0.05, 0) is 37.7 Å². The Kier molecular flexibility index (Phi) is 6.61. The Hall–Kier alpha value is -2.67. The predicted octanol–water partition coefficient (Wildman–Crippen LogP) is 4.24. The van der Waals surface area contributed by atoms with Crippen LogP contribution in [-0.4, -0.2) is 51.0 Å². The van der Waals surface area contributed by atoms with Crippen LogP contribution in [0.15, 0.2) is 34.5 Å². The Balaban J connectivity index is 1.78. The van der Waals surface area contributed by atoms with Gasteiger partial charge in [-0.2, -0.15) is 0 Å². The van der Waals surface area contributed by atoms with E-state index in [1.54, 1.807) is 20.3 Å². The van der Waals surface area contributed by atoms with Crippen LogP contribution in [0.5, 0.6) is 11.5 Å². The number of carbonyl (C=O) groups excluding carboxylic acids is 2. The van der Waals surface area contributed by atoms with E-state index in [1.165, 1.54) is 0 Å². The SMILES string of the molecule is COc1ccc([C@@H]2C(C(=O)OC[C@H]3CCCO3)=C(C)N=C3CC(C)(C)CC(=O)[C@H]32)c(OC)c1. The number of fused-ring (bicyclic) bond motifs is 1. The topological polar surface area (TPSA) is 83.4 Å². The van der Waals surface area contributed by atoms with Crippen molar-refractivity contribution in [2.45, 2.75) is 58.5 Å². The van der Waals surface area contributed by atoms with Crippen molar-refractivity contribution in [3.63, 3.8) is 0 Å². The number of carbonyl (C=O) groups is 2. The van der Waals surface area contributed by atoms with Gasteiger partial charge in [0, 0.05) is 42.0 Å². The van der Waals surface area contributed by atoms with Crippen LogP contribution in [0.2, 0.25) is 0 Å². The largest absolute Gasteiger partial charge is 0.497 e. The van der Waals surface area contributed by atoms with Gasteiger partial charge >= 0.3 is 5.97 Å². The summed E-state index contributed by atoms with van der Waals surface area (Å²) in [6, 6.07) is 5.48. The minimum Gasteiger partial charge on any atom is -0.497 e. The zero-order chi connectivity index (χ0) is 23.8. The average Bonchev–Trinajstić information content (AvgIpc) is 3.29. The number of benzene rings is 1. The van der Waals surface area contributed by atoms with Crippen LogP contribution < -0.4 is 9.47 Å². The summed E-state index contributed by atoms with van der Waals surface area (Å²) in [6.45, 7) is 6.87. The summed E-state index contributed by atoms with van der Waals surface area (Å²) in [6.07, 6.45) is 2.90. The normalized spacial score (nSPS) is 26.5. The van der Waals surface area contributed by atoms with Crippen molar-refractivity contribution in [3.05, 3.63) is 35.0 Å². The second kappa shape index (κ2) is 9.29. The first-order chi connectivity index (χ1) is 15.7. The number of rotatable bonds is 6. The van der Waals surface area contributed by atoms with E-state index in [-0.39, 0.29) is 23.9 Å². The van der Waals surface area contributed by atoms with Crippen LogP contribution >= 0.6 is 0 Å². The fourth-order valence-corrected chi connectivity index (χ4v) is 5.29. The molecule has 2 heterocycles. The number of Topliss-reactive ketones (excluding diaryl/α,β-unsaturated/α-hetero) is 1. The third-order valence-corrected chi connectivity index (χ3v) is 6.78. The van der Waals surface area contributed by atoms with Crippen molar-refractivity contribution in [2.75, 3.05) is 27.4 Å². The molecule has 1 saturated heterocycles. The molecule has 0 unspecified atom stereocenters. The molecule has 4 rings (SSSR count). The fourth-order valence-electron chi connectivity index (χ4n) is 5.29. The molecule has 0 radical (unpaired) electrons. The van der Waals surface area contributed by atoms with Gasteiger partial charge in [-0.1, -0.05) is 19.9 Å². The smallest absolute Gasteiger partial charge is 0.336 e. The second-order valence-electron chi connectivity index (χ2n) is 9.88. The molecule has 0 amide bonds. The maximum Gasteiger partial charge on any atom is 0.336 e. The van der Waals surface area contributed by atoms with E-state index in [9.17, 15) is 9.59 Å². The minimum atomic E-state index is -0.529. The third-order valence-electron chi connectivity index (χ3n) is 6.78. The Labute approximate surface area is 195 Å². The Morgan fingerprint density at radius 1 is 1.18 bits per heavy atom. The van der Waals surface area contributed by atoms with E-state index < -0.39 is 17.8 Å². The van der Waals surface area contributed by atoms with E-state index in [0.717, 1.165) is 24.1 Å². The number of allylic oxidation sites excluding steroid dienone is 1. The zero-order valence-corrected chi connectivity index (χ0v) is 20.1. The van der Waals surface area contributed by atoms with Crippen LogP contribution in [0.3, 0.4) is 0 Å². The Morgan fingerprint density at radius 3 is 2.64 bits per heavy atom. The quantitative estimate of drug-likeness (QED) is 0.597. The monoisotopic (exact) mass is 455 g/mol. The molecule has 1 aromatic rings. The number of ketones is 1. The maximum absolute atomic E-state index is 13.5. The standard InChI is InChI=1S/C26H33NO6/c1-15-22(25(29)33-14-17-7-6-10-32-17)23(18-9-8-16(30-4)11-21(18)31-5)24-19(27-15)12-26(2,3)13-20(24)28/h8-9,11,17,23-24H,6-7,10,12-14H2,1-5H3/t17-,23-,24+/m1/s1. The van der Waals surface area contributed by atoms with Gasteiger partial charge in [0.25, 0.3) is 0 Å². The lowest BCUT2D eigenvalue weighted by Gasteiger charge is -2.41. The van der Waals surface area contributed by atoms with Crippen molar-refractivity contribution < 1.29 is 28.5 Å². The van der Waals surface area contributed by atoms with Gasteiger partial charge in [0.1, 0.15) is 23.9 Å². The van der Waals surface area contributed by atoms with Crippen molar-refractivity contribution in [3.8, 4) is 11.5 Å². The highest BCUT2D eigenvalue weighted by molar-refractivity contribution is 6.12. The lowest BCUT2D eigenvalue weighted by molar-refractivity contribution is -0.142. The van der Waals surface area contributed by atoms with Crippen LogP contribution in [-0.2, 0) is 19.1 Å². The first-order valence-electron chi connectivity index (χ1n) is 11.6. The van der Waals surface area contributed by atoms with Gasteiger partial charge in [-0.25, -0.2) is 4.79 Å². The molecular formula is C26H33NO6. The lowest BCUT2D eigenvalue weighted by Crippen LogP contribution is -2.44. The lowest BCUT2D eigenvalue weighted by atomic mass is 9.63. The number of hydrogen-bond donors (Lipinski definition) is 0. The molecule has 33 heavy (non-hydrogen) atoms. The summed E-state index contributed by atoms with van der Waals surface area (Å²) in [5, 5.41) is 0. The van der Waals surface area contributed by atoms with E-state index in [1.807, 2.05) is 19.1 Å². The summed E-state index contributed by atoms with van der Waals surface area (Å²) in [5.74, 6) is -0.209. The van der Waals surface area contributed by atoms with E-state index in [2.05, 4.69) is 13.8 Å². The highest BCUT2D eigenvalue weighted by Crippen LogP contribution is 2.49. The number of nitrogens with zero attached hydrogens (tertiary/aromatic N) is 1. The van der Waals surface area contributed by atoms with Crippen molar-refractivity contribution in [1.82, 2.24) is 0 Å². The second-order valence-corrected chi connectivity index (χ2v) is 9.88. The number of hydrogen-bond acceptors (Lipinski definition) is 7. The van der Waals surface area contributed by atoms with Gasteiger partial charge in [0.05, 0.1) is 31.8 Å². The van der Waals surface area contributed by atoms with E-state index in [0.29, 0.717) is 42.2 Å². The van der Waals surface area contributed by atoms with Gasteiger partial charge in [0.2, 0.25) is 0 Å². The molecule has 1 saturated carbocycles. The highest BCUT2D eigenvalue weighted by atomic mass is 16.6. The first-order valence-corrected chi connectivity index (χ1v) is 11.6. The average molecular weight is 456 g/mol. The predicted molar refractivity (Wildman–Crippen MR) is 124 cm³/mol. The molecule has 0 spiro atoms. The summed E-state index contributed by atoms with van der Waals surface area (Å²) >= 11 is 0. The number of aliphatic imine (C=N–C) groups is 1. The van der Waals surface area contributed by atoms with E-state index in [4.69, 9.17) is 23.9 Å². The highest BCUT2D eigenvalue weighted by Gasteiger charge is 2.48. The summed E-state index contributed by atoms with van der Waals surface area (Å²) < 4.78 is 22.3. The number of esters is 1. The zero-order valence-electron chi connectivity index (χ0n) is 20.1. The molecule has 3 aliphatic rings. The van der Waals surface area contributed by atoms with Crippen LogP contribution in [0.1, 0.15) is 57.9 Å². The van der Waals surface area contributed by atoms with E-state index >= 15 is 0 Å². The molecule has 1 aromatic carbocycles. The molecule has 2 aliphatic heterocycles. The molecule has 2 fully saturated rings. The molecule has 7 nitrogen and oxygen atoms in total. The molecule has 3 atom stereocenters. The number of ether oxygens (including phenoxy) is 4. The van der Waals surface area contributed by atoms with Crippen molar-refractivity contribution in [1.29, 1.82) is 0 Å². The number of methoxy groups -OCH3 is 2. The molecule has 0 N–H and O–H groups in total. The molecule has 178 valence electrons. The molecule has 0 aromatic heterocycles. The first kappa shape index (κ1) is 23.5. The minimum absolute atomic E-state index is 0.0800. The van der Waals surface area contributed by atoms with Gasteiger partial charge in [-0.3, -0.25) is 9.79 Å². The molecule has 0 bridgehead atoms. The van der Waals surface area contributed by atoms with Crippen LogP contribution in [0, 0.1) is 11.3 Å². The molecular weight excluding hydrogens is 422 g/mol.